The van der Waals surface area contributed by atoms with Crippen LogP contribution >= 0.6 is 46.7 Å². The molecule has 0 saturated carbocycles. The zero-order chi connectivity index (χ0) is 18.1. The van der Waals surface area contributed by atoms with E-state index in [1.807, 2.05) is 11.8 Å². The lowest BCUT2D eigenvalue weighted by atomic mass is 10.3. The van der Waals surface area contributed by atoms with Gasteiger partial charge in [-0.05, 0) is 48.5 Å². The van der Waals surface area contributed by atoms with Gasteiger partial charge in [0.2, 0.25) is 0 Å². The summed E-state index contributed by atoms with van der Waals surface area (Å²) in [6.07, 6.45) is 0. The summed E-state index contributed by atoms with van der Waals surface area (Å²) < 4.78 is 6.64. The molecular formula is C19H19N3S4. The van der Waals surface area contributed by atoms with Gasteiger partial charge in [0, 0.05) is 11.4 Å². The zero-order valence-corrected chi connectivity index (χ0v) is 17.8. The van der Waals surface area contributed by atoms with Crippen molar-refractivity contribution >= 4 is 72.8 Å². The van der Waals surface area contributed by atoms with E-state index in [1.165, 1.54) is 14.9 Å². The van der Waals surface area contributed by atoms with E-state index in [2.05, 4.69) is 66.2 Å². The van der Waals surface area contributed by atoms with Crippen molar-refractivity contribution in [1.82, 2.24) is 9.55 Å². The predicted octanol–water partition coefficient (Wildman–Crippen LogP) is 6.86. The SMILES string of the molecule is CC(C)CSc1nc2ccc(NCn3c(=S)sc4ccccc43)cc2s1. The van der Waals surface area contributed by atoms with Crippen molar-refractivity contribution in [3.63, 3.8) is 0 Å². The van der Waals surface area contributed by atoms with E-state index in [0.29, 0.717) is 12.6 Å². The first-order valence-electron chi connectivity index (χ1n) is 8.46. The van der Waals surface area contributed by atoms with Crippen LogP contribution in [0.1, 0.15) is 13.8 Å². The molecule has 3 nitrogen and oxygen atoms in total. The molecule has 0 aliphatic heterocycles. The molecule has 0 aliphatic rings. The highest BCUT2D eigenvalue weighted by molar-refractivity contribution is 8.01. The van der Waals surface area contributed by atoms with Gasteiger partial charge in [0.15, 0.2) is 8.29 Å². The Morgan fingerprint density at radius 2 is 2.00 bits per heavy atom. The molecule has 0 radical (unpaired) electrons. The highest BCUT2D eigenvalue weighted by Gasteiger charge is 2.08. The second-order valence-electron chi connectivity index (χ2n) is 6.47. The summed E-state index contributed by atoms with van der Waals surface area (Å²) >= 11 is 10.8. The number of nitrogens with one attached hydrogen (secondary N) is 1. The van der Waals surface area contributed by atoms with E-state index in [1.54, 1.807) is 22.7 Å². The Bertz CT molecular complexity index is 1110. The molecule has 0 aliphatic carbocycles. The number of benzene rings is 2. The highest BCUT2D eigenvalue weighted by atomic mass is 32.2. The van der Waals surface area contributed by atoms with Crippen molar-refractivity contribution in [1.29, 1.82) is 0 Å². The fourth-order valence-corrected chi connectivity index (χ4v) is 6.05. The van der Waals surface area contributed by atoms with Crippen LogP contribution in [0.25, 0.3) is 20.4 Å². The van der Waals surface area contributed by atoms with E-state index in [4.69, 9.17) is 17.2 Å². The maximum absolute atomic E-state index is 5.53. The third kappa shape index (κ3) is 3.81. The van der Waals surface area contributed by atoms with Crippen molar-refractivity contribution in [2.75, 3.05) is 11.1 Å². The summed E-state index contributed by atoms with van der Waals surface area (Å²) in [4.78, 5) is 4.72. The lowest BCUT2D eigenvalue weighted by Crippen LogP contribution is -2.07. The molecule has 1 N–H and O–H groups in total. The van der Waals surface area contributed by atoms with Crippen LogP contribution in [-0.4, -0.2) is 15.3 Å². The second kappa shape index (κ2) is 7.68. The van der Waals surface area contributed by atoms with Crippen LogP contribution in [0, 0.1) is 9.87 Å². The molecule has 4 rings (SSSR count). The number of thioether (sulfide) groups is 1. The molecule has 0 atom stereocenters. The van der Waals surface area contributed by atoms with E-state index in [9.17, 15) is 0 Å². The van der Waals surface area contributed by atoms with E-state index in [-0.39, 0.29) is 0 Å². The van der Waals surface area contributed by atoms with Crippen LogP contribution in [0.4, 0.5) is 5.69 Å². The summed E-state index contributed by atoms with van der Waals surface area (Å²) in [5.74, 6) is 1.78. The minimum absolute atomic E-state index is 0.669. The van der Waals surface area contributed by atoms with Gasteiger partial charge in [-0.3, -0.25) is 0 Å². The minimum atomic E-state index is 0.669. The smallest absolute Gasteiger partial charge is 0.163 e. The van der Waals surface area contributed by atoms with E-state index >= 15 is 0 Å². The van der Waals surface area contributed by atoms with Crippen LogP contribution in [0.5, 0.6) is 0 Å². The molecule has 2 aromatic heterocycles. The van der Waals surface area contributed by atoms with Crippen LogP contribution in [0.15, 0.2) is 46.8 Å². The summed E-state index contributed by atoms with van der Waals surface area (Å²) in [6.45, 7) is 5.14. The molecule has 4 aromatic rings. The van der Waals surface area contributed by atoms with Gasteiger partial charge in [0.05, 0.1) is 27.1 Å². The number of anilines is 1. The number of para-hydroxylation sites is 1. The van der Waals surface area contributed by atoms with Gasteiger partial charge in [-0.15, -0.1) is 22.7 Å². The lowest BCUT2D eigenvalue weighted by molar-refractivity contribution is 0.750. The standard InChI is InChI=1S/C19H19N3S4/c1-12(2)10-24-18-21-14-8-7-13(9-17(14)25-18)20-11-22-15-5-3-4-6-16(15)26-19(22)23/h3-9,12,20H,10-11H2,1-2H3. The first-order chi connectivity index (χ1) is 12.6. The number of fused-ring (bicyclic) bond motifs is 2. The first-order valence-corrected chi connectivity index (χ1v) is 11.5. The maximum atomic E-state index is 5.53. The first kappa shape index (κ1) is 18.0. The number of rotatable bonds is 6. The molecular weight excluding hydrogens is 398 g/mol. The van der Waals surface area contributed by atoms with Crippen molar-refractivity contribution in [3.05, 3.63) is 46.4 Å². The largest absolute Gasteiger partial charge is 0.367 e. The number of thiazole rings is 2. The van der Waals surface area contributed by atoms with Gasteiger partial charge >= 0.3 is 0 Å². The molecule has 134 valence electrons. The average Bonchev–Trinajstić information content (AvgIpc) is 3.17. The summed E-state index contributed by atoms with van der Waals surface area (Å²) in [6, 6.07) is 14.7. The van der Waals surface area contributed by atoms with Crippen molar-refractivity contribution < 1.29 is 0 Å². The molecule has 0 unspecified atom stereocenters. The third-order valence-electron chi connectivity index (χ3n) is 3.92. The van der Waals surface area contributed by atoms with Crippen molar-refractivity contribution in [2.45, 2.75) is 24.9 Å². The number of hydrogen-bond donors (Lipinski definition) is 1. The molecule has 0 bridgehead atoms. The highest BCUT2D eigenvalue weighted by Crippen LogP contribution is 2.32. The normalized spacial score (nSPS) is 11.7. The van der Waals surface area contributed by atoms with E-state index < -0.39 is 0 Å². The quantitative estimate of drug-likeness (QED) is 0.274. The average molecular weight is 418 g/mol. The number of hydrogen-bond acceptors (Lipinski definition) is 6. The topological polar surface area (TPSA) is 29.9 Å². The Hall–Kier alpha value is -1.41. The fraction of sp³-hybridized carbons (Fsp3) is 0.263. The molecule has 0 spiro atoms. The lowest BCUT2D eigenvalue weighted by Gasteiger charge is -2.08. The Morgan fingerprint density at radius 3 is 2.85 bits per heavy atom. The number of aromatic nitrogens is 2. The molecule has 0 amide bonds. The monoisotopic (exact) mass is 417 g/mol. The zero-order valence-electron chi connectivity index (χ0n) is 14.6. The van der Waals surface area contributed by atoms with Gasteiger partial charge < -0.3 is 9.88 Å². The van der Waals surface area contributed by atoms with Crippen LogP contribution < -0.4 is 5.32 Å². The van der Waals surface area contributed by atoms with Gasteiger partial charge in [-0.1, -0.05) is 37.7 Å². The van der Waals surface area contributed by atoms with Gasteiger partial charge in [-0.2, -0.15) is 0 Å². The van der Waals surface area contributed by atoms with Crippen LogP contribution in [0.2, 0.25) is 0 Å². The fourth-order valence-electron chi connectivity index (χ4n) is 2.65. The van der Waals surface area contributed by atoms with Gasteiger partial charge in [0.25, 0.3) is 0 Å². The molecule has 2 heterocycles. The minimum Gasteiger partial charge on any atom is -0.367 e. The third-order valence-corrected chi connectivity index (χ3v) is 7.94. The van der Waals surface area contributed by atoms with Crippen molar-refractivity contribution in [2.24, 2.45) is 5.92 Å². The summed E-state index contributed by atoms with van der Waals surface area (Å²) in [5, 5.41) is 3.51. The Balaban J connectivity index is 1.53. The molecule has 2 aromatic carbocycles. The Kier molecular flexibility index (Phi) is 5.31. The van der Waals surface area contributed by atoms with Crippen LogP contribution in [0.3, 0.4) is 0 Å². The van der Waals surface area contributed by atoms with Gasteiger partial charge in [0.1, 0.15) is 0 Å². The Morgan fingerprint density at radius 1 is 1.15 bits per heavy atom. The Labute approximate surface area is 170 Å². The van der Waals surface area contributed by atoms with Crippen LogP contribution in [-0.2, 0) is 6.67 Å². The molecule has 26 heavy (non-hydrogen) atoms. The predicted molar refractivity (Wildman–Crippen MR) is 119 cm³/mol. The van der Waals surface area contributed by atoms with E-state index in [0.717, 1.165) is 25.3 Å². The summed E-state index contributed by atoms with van der Waals surface area (Å²) in [7, 11) is 0. The number of nitrogens with zero attached hydrogens (tertiary/aromatic N) is 2. The molecule has 0 fully saturated rings. The van der Waals surface area contributed by atoms with Crippen molar-refractivity contribution in [3.8, 4) is 0 Å². The molecule has 0 saturated heterocycles. The van der Waals surface area contributed by atoms with Gasteiger partial charge in [-0.25, -0.2) is 4.98 Å². The molecule has 7 heteroatoms. The summed E-state index contributed by atoms with van der Waals surface area (Å²) in [5.41, 5.74) is 3.35. The maximum Gasteiger partial charge on any atom is 0.163 e. The second-order valence-corrected chi connectivity index (χ2v) is 10.4.